The quantitative estimate of drug-likeness (QED) is 0.123. The van der Waals surface area contributed by atoms with Crippen LogP contribution in [0.4, 0.5) is 34.1 Å². The Kier molecular flexibility index (Phi) is 8.53. The van der Waals surface area contributed by atoms with Crippen molar-refractivity contribution in [3.8, 4) is 11.1 Å². The van der Waals surface area contributed by atoms with Gasteiger partial charge in [0.25, 0.3) is 6.71 Å². The average molecular weight is 773 g/mol. The molecule has 0 atom stereocenters. The van der Waals surface area contributed by atoms with Crippen molar-refractivity contribution in [2.75, 3.05) is 9.80 Å². The van der Waals surface area contributed by atoms with Crippen LogP contribution in [0.3, 0.4) is 0 Å². The zero-order valence-electron chi connectivity index (χ0n) is 35.4. The topological polar surface area (TPSA) is 6.48 Å². The van der Waals surface area contributed by atoms with Gasteiger partial charge in [-0.05, 0) is 149 Å². The molecule has 0 N–H and O–H groups in total. The molecule has 0 saturated heterocycles. The number of fused-ring (bicyclic) bond motifs is 10. The standard InChI is InChI=1S/C57H49BN2/c1-35(2)38-18-25-43(26-19-38)59-53-30-23-40(36(3)4)33-51(53)58-52-34-41(37(5)6)24-31-54(52)60(56-17-11-16-55(59)57(56)58)44-27-20-39(21-28-44)42-22-29-49-47-14-8-7-12-45(47)46-13-9-10-15-48(46)50(49)32-42/h7-37H,1-6H3. The monoisotopic (exact) mass is 772 g/mol. The van der Waals surface area contributed by atoms with Crippen LogP contribution in [0.25, 0.3) is 43.4 Å². The van der Waals surface area contributed by atoms with Gasteiger partial charge in [-0.1, -0.05) is 157 Å². The molecular formula is C57H49BN2. The zero-order chi connectivity index (χ0) is 40.8. The summed E-state index contributed by atoms with van der Waals surface area (Å²) in [6.45, 7) is 13.9. The van der Waals surface area contributed by atoms with E-state index < -0.39 is 0 Å². The maximum Gasteiger partial charge on any atom is 0.252 e. The van der Waals surface area contributed by atoms with Crippen molar-refractivity contribution >= 4 is 89.5 Å². The fourth-order valence-corrected chi connectivity index (χ4v) is 10.2. The summed E-state index contributed by atoms with van der Waals surface area (Å²) in [7, 11) is 0. The van der Waals surface area contributed by atoms with Crippen molar-refractivity contribution in [1.82, 2.24) is 0 Å². The highest BCUT2D eigenvalue weighted by Crippen LogP contribution is 2.45. The largest absolute Gasteiger partial charge is 0.311 e. The highest BCUT2D eigenvalue weighted by Gasteiger charge is 2.43. The Bertz CT molecular complexity index is 3100. The molecule has 2 aliphatic heterocycles. The lowest BCUT2D eigenvalue weighted by atomic mass is 9.33. The molecule has 0 bridgehead atoms. The first-order chi connectivity index (χ1) is 29.2. The lowest BCUT2D eigenvalue weighted by Gasteiger charge is -2.44. The van der Waals surface area contributed by atoms with E-state index in [2.05, 4.69) is 221 Å². The van der Waals surface area contributed by atoms with Gasteiger partial charge < -0.3 is 9.80 Å². The highest BCUT2D eigenvalue weighted by atomic mass is 15.2. The summed E-state index contributed by atoms with van der Waals surface area (Å²) in [5, 5.41) is 7.80. The summed E-state index contributed by atoms with van der Waals surface area (Å²) in [6, 6.07) is 64.6. The predicted molar refractivity (Wildman–Crippen MR) is 261 cm³/mol. The molecule has 60 heavy (non-hydrogen) atoms. The number of hydrogen-bond donors (Lipinski definition) is 0. The molecule has 2 nitrogen and oxygen atoms in total. The second kappa shape index (κ2) is 14.0. The van der Waals surface area contributed by atoms with E-state index in [4.69, 9.17) is 0 Å². The van der Waals surface area contributed by atoms with Crippen LogP contribution in [0.5, 0.6) is 0 Å². The van der Waals surface area contributed by atoms with Gasteiger partial charge in [0.1, 0.15) is 0 Å². The van der Waals surface area contributed by atoms with Crippen molar-refractivity contribution in [2.24, 2.45) is 0 Å². The molecule has 0 unspecified atom stereocenters. The van der Waals surface area contributed by atoms with E-state index in [0.29, 0.717) is 17.8 Å². The maximum atomic E-state index is 2.52. The van der Waals surface area contributed by atoms with Gasteiger partial charge in [0.2, 0.25) is 0 Å². The van der Waals surface area contributed by atoms with Crippen molar-refractivity contribution in [3.05, 3.63) is 187 Å². The van der Waals surface area contributed by atoms with Crippen molar-refractivity contribution < 1.29 is 0 Å². The average Bonchev–Trinajstić information content (AvgIpc) is 3.28. The maximum absolute atomic E-state index is 2.52. The van der Waals surface area contributed by atoms with E-state index in [1.54, 1.807) is 0 Å². The Labute approximate surface area is 354 Å². The summed E-state index contributed by atoms with van der Waals surface area (Å²) in [5.74, 6) is 1.31. The van der Waals surface area contributed by atoms with E-state index in [1.807, 2.05) is 0 Å². The van der Waals surface area contributed by atoms with Crippen molar-refractivity contribution in [1.29, 1.82) is 0 Å². The van der Waals surface area contributed by atoms with Crippen LogP contribution in [-0.2, 0) is 0 Å². The normalized spacial score (nSPS) is 13.2. The molecule has 9 aromatic rings. The van der Waals surface area contributed by atoms with Crippen LogP contribution >= 0.6 is 0 Å². The van der Waals surface area contributed by atoms with Gasteiger partial charge in [0.05, 0.1) is 0 Å². The Morgan fingerprint density at radius 2 is 0.750 bits per heavy atom. The molecule has 0 spiro atoms. The Balaban J connectivity index is 1.09. The van der Waals surface area contributed by atoms with Crippen LogP contribution < -0.4 is 26.2 Å². The Morgan fingerprint density at radius 3 is 1.23 bits per heavy atom. The summed E-state index contributed by atoms with van der Waals surface area (Å²) in [4.78, 5) is 5.04. The van der Waals surface area contributed by atoms with Crippen molar-refractivity contribution in [2.45, 2.75) is 59.3 Å². The highest BCUT2D eigenvalue weighted by molar-refractivity contribution is 7.00. The number of anilines is 6. The number of hydrogen-bond acceptors (Lipinski definition) is 2. The van der Waals surface area contributed by atoms with Gasteiger partial charge >= 0.3 is 0 Å². The molecule has 0 saturated carbocycles. The van der Waals surface area contributed by atoms with Gasteiger partial charge in [-0.25, -0.2) is 0 Å². The van der Waals surface area contributed by atoms with Gasteiger partial charge in [-0.15, -0.1) is 0 Å². The number of rotatable bonds is 6. The van der Waals surface area contributed by atoms with Gasteiger partial charge in [-0.2, -0.15) is 0 Å². The van der Waals surface area contributed by atoms with Crippen LogP contribution in [0.15, 0.2) is 170 Å². The molecule has 0 aliphatic carbocycles. The van der Waals surface area contributed by atoms with Gasteiger partial charge in [0, 0.05) is 34.1 Å². The first kappa shape index (κ1) is 36.5. The third kappa shape index (κ3) is 5.63. The molecule has 2 aliphatic rings. The van der Waals surface area contributed by atoms with E-state index in [9.17, 15) is 0 Å². The third-order valence-electron chi connectivity index (χ3n) is 13.4. The second-order valence-electron chi connectivity index (χ2n) is 17.9. The van der Waals surface area contributed by atoms with E-state index >= 15 is 0 Å². The number of nitrogens with zero attached hydrogens (tertiary/aromatic N) is 2. The van der Waals surface area contributed by atoms with Crippen LogP contribution in [0, 0.1) is 0 Å². The first-order valence-electron chi connectivity index (χ1n) is 21.8. The van der Waals surface area contributed by atoms with Crippen LogP contribution in [0.1, 0.15) is 76.0 Å². The SMILES string of the molecule is CC(C)c1ccc(N2c3ccc(C(C)C)cc3B3c4cc(C(C)C)ccc4N(c4ccc(-c5ccc6c7ccccc7c7ccccc7c6c5)cc4)c4cccc2c43)cc1. The molecule has 11 rings (SSSR count). The smallest absolute Gasteiger partial charge is 0.252 e. The molecule has 0 aromatic heterocycles. The minimum absolute atomic E-state index is 0.101. The molecule has 3 heteroatoms. The summed E-state index contributed by atoms with van der Waals surface area (Å²) in [5.41, 5.74) is 18.0. The lowest BCUT2D eigenvalue weighted by Crippen LogP contribution is -2.61. The van der Waals surface area contributed by atoms with E-state index in [1.165, 1.54) is 105 Å². The molecule has 0 amide bonds. The second-order valence-corrected chi connectivity index (χ2v) is 17.9. The molecule has 2 heterocycles. The van der Waals surface area contributed by atoms with E-state index in [0.717, 1.165) is 5.69 Å². The predicted octanol–water partition coefficient (Wildman–Crippen LogP) is 14.3. The molecule has 290 valence electrons. The lowest BCUT2D eigenvalue weighted by molar-refractivity contribution is 0.866. The van der Waals surface area contributed by atoms with E-state index in [-0.39, 0.29) is 6.71 Å². The summed E-state index contributed by atoms with van der Waals surface area (Å²) < 4.78 is 0. The molecule has 0 radical (unpaired) electrons. The first-order valence-corrected chi connectivity index (χ1v) is 21.8. The Morgan fingerprint density at radius 1 is 0.333 bits per heavy atom. The van der Waals surface area contributed by atoms with Crippen molar-refractivity contribution in [3.63, 3.8) is 0 Å². The fraction of sp³-hybridized carbons (Fsp3) is 0.158. The molecule has 0 fully saturated rings. The Hall–Kier alpha value is -6.58. The molecular weight excluding hydrogens is 723 g/mol. The molecule has 9 aromatic carbocycles. The minimum atomic E-state index is 0.101. The van der Waals surface area contributed by atoms with Gasteiger partial charge in [0.15, 0.2) is 0 Å². The van der Waals surface area contributed by atoms with Crippen LogP contribution in [0.2, 0.25) is 0 Å². The summed E-state index contributed by atoms with van der Waals surface area (Å²) in [6.07, 6.45) is 0. The minimum Gasteiger partial charge on any atom is -0.311 e. The van der Waals surface area contributed by atoms with Crippen LogP contribution in [-0.4, -0.2) is 6.71 Å². The number of benzene rings is 9. The summed E-state index contributed by atoms with van der Waals surface area (Å²) >= 11 is 0. The fourth-order valence-electron chi connectivity index (χ4n) is 10.2. The zero-order valence-corrected chi connectivity index (χ0v) is 35.4. The third-order valence-corrected chi connectivity index (χ3v) is 13.4. The van der Waals surface area contributed by atoms with Gasteiger partial charge in [-0.3, -0.25) is 0 Å².